The first-order valence-corrected chi connectivity index (χ1v) is 8.03. The predicted octanol–water partition coefficient (Wildman–Crippen LogP) is 0.860. The Labute approximate surface area is 105 Å². The third kappa shape index (κ3) is 2.96. The fourth-order valence-electron chi connectivity index (χ4n) is 2.39. The van der Waals surface area contributed by atoms with Crippen molar-refractivity contribution >= 4 is 10.8 Å². The minimum atomic E-state index is -0.683. The zero-order valence-electron chi connectivity index (χ0n) is 10.7. The average Bonchev–Trinajstić information content (AvgIpc) is 2.67. The number of imidazole rings is 1. The number of rotatable bonds is 5. The van der Waals surface area contributed by atoms with E-state index in [9.17, 15) is 4.21 Å². The maximum atomic E-state index is 11.1. The Bertz CT molecular complexity index is 414. The molecule has 1 aliphatic rings. The molecule has 0 aliphatic carbocycles. The van der Waals surface area contributed by atoms with E-state index in [-0.39, 0.29) is 0 Å². The van der Waals surface area contributed by atoms with E-state index in [0.717, 1.165) is 44.6 Å². The quantitative estimate of drug-likeness (QED) is 0.849. The van der Waals surface area contributed by atoms with Crippen molar-refractivity contribution in [2.24, 2.45) is 0 Å². The summed E-state index contributed by atoms with van der Waals surface area (Å²) in [6.45, 7) is 5.05. The summed E-state index contributed by atoms with van der Waals surface area (Å²) >= 11 is 0. The molecule has 5 heteroatoms. The summed E-state index contributed by atoms with van der Waals surface area (Å²) in [5.74, 6) is 1.97. The van der Waals surface area contributed by atoms with Gasteiger partial charge in [0.2, 0.25) is 0 Å². The van der Waals surface area contributed by atoms with Crippen LogP contribution in [-0.2, 0) is 36.7 Å². The van der Waals surface area contributed by atoms with E-state index < -0.39 is 10.8 Å². The number of nitrogens with one attached hydrogen (secondary N) is 1. The molecule has 1 aromatic rings. The first-order valence-electron chi connectivity index (χ1n) is 6.30. The maximum Gasteiger partial charge on any atom is 0.108 e. The molecular weight excluding hydrogens is 234 g/mol. The van der Waals surface area contributed by atoms with Crippen LogP contribution in [0.25, 0.3) is 0 Å². The number of hydrogen-bond donors (Lipinski definition) is 1. The molecule has 1 N–H and O–H groups in total. The highest BCUT2D eigenvalue weighted by Crippen LogP contribution is 2.17. The summed E-state index contributed by atoms with van der Waals surface area (Å²) in [6.07, 6.45) is 4.79. The van der Waals surface area contributed by atoms with Crippen LogP contribution in [0, 0.1) is 0 Å². The highest BCUT2D eigenvalue weighted by molar-refractivity contribution is 7.84. The molecule has 1 unspecified atom stereocenters. The third-order valence-corrected chi connectivity index (χ3v) is 4.06. The van der Waals surface area contributed by atoms with Crippen molar-refractivity contribution in [2.75, 3.05) is 18.6 Å². The summed E-state index contributed by atoms with van der Waals surface area (Å²) in [4.78, 5) is 4.69. The van der Waals surface area contributed by atoms with Gasteiger partial charge in [0, 0.05) is 61.0 Å². The molecule has 2 heterocycles. The number of hydrogen-bond acceptors (Lipinski definition) is 3. The van der Waals surface area contributed by atoms with E-state index in [0.29, 0.717) is 0 Å². The average molecular weight is 255 g/mol. The highest BCUT2D eigenvalue weighted by Gasteiger charge is 2.18. The van der Waals surface area contributed by atoms with Crippen LogP contribution in [-0.4, -0.2) is 32.3 Å². The second-order valence-electron chi connectivity index (χ2n) is 4.48. The Hall–Kier alpha value is -0.680. The minimum Gasteiger partial charge on any atom is -0.332 e. The van der Waals surface area contributed by atoms with Gasteiger partial charge in [0.05, 0.1) is 5.69 Å². The number of nitrogens with zero attached hydrogens (tertiary/aromatic N) is 2. The van der Waals surface area contributed by atoms with Gasteiger partial charge in [0.15, 0.2) is 0 Å². The zero-order valence-corrected chi connectivity index (χ0v) is 11.5. The second-order valence-corrected chi connectivity index (χ2v) is 6.04. The summed E-state index contributed by atoms with van der Waals surface area (Å²) in [5, 5.41) is 3.36. The molecule has 0 fully saturated rings. The SMILES string of the molecule is CCc1nc2c(n1CCCS(C)=O)CCNC2. The largest absolute Gasteiger partial charge is 0.332 e. The van der Waals surface area contributed by atoms with E-state index in [1.165, 1.54) is 17.2 Å². The molecular formula is C12H21N3OS. The lowest BCUT2D eigenvalue weighted by Crippen LogP contribution is -2.25. The molecule has 96 valence electrons. The van der Waals surface area contributed by atoms with Gasteiger partial charge in [0.25, 0.3) is 0 Å². The van der Waals surface area contributed by atoms with Crippen molar-refractivity contribution in [1.29, 1.82) is 0 Å². The van der Waals surface area contributed by atoms with Crippen LogP contribution < -0.4 is 5.32 Å². The van der Waals surface area contributed by atoms with E-state index in [2.05, 4.69) is 16.8 Å². The summed E-state index contributed by atoms with van der Waals surface area (Å²) < 4.78 is 13.4. The number of aryl methyl sites for hydroxylation is 1. The van der Waals surface area contributed by atoms with Crippen molar-refractivity contribution in [3.8, 4) is 0 Å². The van der Waals surface area contributed by atoms with Crippen LogP contribution in [0.2, 0.25) is 0 Å². The van der Waals surface area contributed by atoms with Crippen LogP contribution in [0.15, 0.2) is 0 Å². The normalized spacial score (nSPS) is 16.8. The van der Waals surface area contributed by atoms with Crippen molar-refractivity contribution in [1.82, 2.24) is 14.9 Å². The molecule has 1 aromatic heterocycles. The minimum absolute atomic E-state index is 0.683. The molecule has 0 spiro atoms. The highest BCUT2D eigenvalue weighted by atomic mass is 32.2. The second kappa shape index (κ2) is 5.78. The molecule has 0 radical (unpaired) electrons. The lowest BCUT2D eigenvalue weighted by Gasteiger charge is -2.15. The van der Waals surface area contributed by atoms with Crippen molar-refractivity contribution in [2.45, 2.75) is 39.3 Å². The fraction of sp³-hybridized carbons (Fsp3) is 0.750. The lowest BCUT2D eigenvalue weighted by molar-refractivity contribution is 0.572. The van der Waals surface area contributed by atoms with Crippen LogP contribution in [0.3, 0.4) is 0 Å². The molecule has 4 nitrogen and oxygen atoms in total. The Morgan fingerprint density at radius 3 is 3.06 bits per heavy atom. The Morgan fingerprint density at radius 2 is 2.35 bits per heavy atom. The van der Waals surface area contributed by atoms with E-state index in [1.807, 2.05) is 0 Å². The first kappa shape index (κ1) is 12.8. The Morgan fingerprint density at radius 1 is 1.53 bits per heavy atom. The monoisotopic (exact) mass is 255 g/mol. The van der Waals surface area contributed by atoms with Gasteiger partial charge in [-0.1, -0.05) is 6.92 Å². The van der Waals surface area contributed by atoms with Gasteiger partial charge in [-0.3, -0.25) is 4.21 Å². The molecule has 0 aromatic carbocycles. The van der Waals surface area contributed by atoms with Gasteiger partial charge in [-0.15, -0.1) is 0 Å². The molecule has 0 bridgehead atoms. The molecule has 0 saturated carbocycles. The van der Waals surface area contributed by atoms with Gasteiger partial charge in [-0.05, 0) is 6.42 Å². The van der Waals surface area contributed by atoms with Gasteiger partial charge < -0.3 is 9.88 Å². The van der Waals surface area contributed by atoms with Gasteiger partial charge in [0.1, 0.15) is 5.82 Å². The number of aromatic nitrogens is 2. The van der Waals surface area contributed by atoms with Crippen molar-refractivity contribution < 1.29 is 4.21 Å². The van der Waals surface area contributed by atoms with E-state index in [1.54, 1.807) is 6.26 Å². The van der Waals surface area contributed by atoms with Gasteiger partial charge in [-0.25, -0.2) is 4.98 Å². The first-order chi connectivity index (χ1) is 8.22. The fourth-order valence-corrected chi connectivity index (χ4v) is 2.92. The van der Waals surface area contributed by atoms with Gasteiger partial charge in [-0.2, -0.15) is 0 Å². The zero-order chi connectivity index (χ0) is 12.3. The molecule has 2 rings (SSSR count). The third-order valence-electron chi connectivity index (χ3n) is 3.20. The van der Waals surface area contributed by atoms with Crippen molar-refractivity contribution in [3.63, 3.8) is 0 Å². The number of fused-ring (bicyclic) bond motifs is 1. The molecule has 0 saturated heterocycles. The molecule has 1 aliphatic heterocycles. The lowest BCUT2D eigenvalue weighted by atomic mass is 10.2. The predicted molar refractivity (Wildman–Crippen MR) is 70.6 cm³/mol. The van der Waals surface area contributed by atoms with Crippen LogP contribution >= 0.6 is 0 Å². The maximum absolute atomic E-state index is 11.1. The Kier molecular flexibility index (Phi) is 4.34. The summed E-state index contributed by atoms with van der Waals surface area (Å²) in [6, 6.07) is 0. The molecule has 0 amide bonds. The van der Waals surface area contributed by atoms with Crippen molar-refractivity contribution in [3.05, 3.63) is 17.2 Å². The van der Waals surface area contributed by atoms with E-state index >= 15 is 0 Å². The molecule has 1 atom stereocenters. The van der Waals surface area contributed by atoms with E-state index in [4.69, 9.17) is 4.98 Å². The standard InChI is InChI=1S/C12H21N3OS/c1-3-12-14-10-9-13-6-5-11(10)15(12)7-4-8-17(2)16/h13H,3-9H2,1-2H3. The molecule has 17 heavy (non-hydrogen) atoms. The smallest absolute Gasteiger partial charge is 0.108 e. The topological polar surface area (TPSA) is 46.9 Å². The van der Waals surface area contributed by atoms with Crippen LogP contribution in [0.4, 0.5) is 0 Å². The van der Waals surface area contributed by atoms with Crippen LogP contribution in [0.1, 0.15) is 30.6 Å². The Balaban J connectivity index is 2.13. The summed E-state index contributed by atoms with van der Waals surface area (Å²) in [5.41, 5.74) is 2.60. The van der Waals surface area contributed by atoms with Crippen LogP contribution in [0.5, 0.6) is 0 Å². The van der Waals surface area contributed by atoms with Gasteiger partial charge >= 0.3 is 0 Å². The summed E-state index contributed by atoms with van der Waals surface area (Å²) in [7, 11) is -0.683.